The Hall–Kier alpha value is -4.18. The summed E-state index contributed by atoms with van der Waals surface area (Å²) in [6, 6.07) is 13.3. The van der Waals surface area contributed by atoms with Crippen LogP contribution in [0.2, 0.25) is 0 Å². The fourth-order valence-electron chi connectivity index (χ4n) is 4.30. The van der Waals surface area contributed by atoms with Gasteiger partial charge in [-0.3, -0.25) is 4.57 Å². The van der Waals surface area contributed by atoms with Gasteiger partial charge in [-0.1, -0.05) is 6.07 Å². The van der Waals surface area contributed by atoms with Crippen molar-refractivity contribution in [3.63, 3.8) is 0 Å². The van der Waals surface area contributed by atoms with Gasteiger partial charge in [0.25, 0.3) is 0 Å². The van der Waals surface area contributed by atoms with Crippen molar-refractivity contribution in [3.8, 4) is 22.9 Å². The van der Waals surface area contributed by atoms with Gasteiger partial charge in [-0.25, -0.2) is 24.0 Å². The van der Waals surface area contributed by atoms with Crippen LogP contribution in [0.25, 0.3) is 34.1 Å². The lowest BCUT2D eigenvalue weighted by atomic mass is 10.1. The van der Waals surface area contributed by atoms with Crippen LogP contribution < -0.4 is 11.5 Å². The summed E-state index contributed by atoms with van der Waals surface area (Å²) in [5.74, 6) is 0.664. The molecule has 0 fully saturated rings. The first-order valence-electron chi connectivity index (χ1n) is 10.3. The van der Waals surface area contributed by atoms with Gasteiger partial charge in [-0.15, -0.1) is 5.10 Å². The van der Waals surface area contributed by atoms with Gasteiger partial charge in [-0.05, 0) is 47.5 Å². The van der Waals surface area contributed by atoms with Crippen LogP contribution in [0.4, 0.5) is 14.6 Å². The third-order valence-corrected chi connectivity index (χ3v) is 5.91. The Labute approximate surface area is 186 Å². The summed E-state index contributed by atoms with van der Waals surface area (Å²) in [7, 11) is 0. The predicted molar refractivity (Wildman–Crippen MR) is 119 cm³/mol. The van der Waals surface area contributed by atoms with Gasteiger partial charge in [0.1, 0.15) is 17.5 Å². The number of nitrogens with zero attached hydrogens (tertiary/aromatic N) is 6. The summed E-state index contributed by atoms with van der Waals surface area (Å²) in [6.45, 7) is 0. The van der Waals surface area contributed by atoms with E-state index in [0.717, 1.165) is 16.8 Å². The molecule has 4 heterocycles. The number of fused-ring (bicyclic) bond motifs is 2. The first kappa shape index (κ1) is 19.5. The summed E-state index contributed by atoms with van der Waals surface area (Å²) in [6.07, 6.45) is 2.21. The van der Waals surface area contributed by atoms with E-state index in [9.17, 15) is 8.78 Å². The Bertz CT molecular complexity index is 1520. The number of nitrogen functional groups attached to an aromatic ring is 1. The van der Waals surface area contributed by atoms with Crippen LogP contribution in [-0.2, 0) is 6.42 Å². The summed E-state index contributed by atoms with van der Waals surface area (Å²) >= 11 is 0. The van der Waals surface area contributed by atoms with Crippen molar-refractivity contribution in [1.29, 1.82) is 0 Å². The van der Waals surface area contributed by atoms with E-state index in [0.29, 0.717) is 34.2 Å². The van der Waals surface area contributed by atoms with Crippen molar-refractivity contribution < 1.29 is 8.78 Å². The minimum Gasteiger partial charge on any atom is -0.383 e. The van der Waals surface area contributed by atoms with Gasteiger partial charge < -0.3 is 11.5 Å². The highest BCUT2D eigenvalue weighted by Gasteiger charge is 2.30. The van der Waals surface area contributed by atoms with Crippen LogP contribution in [-0.4, -0.2) is 35.5 Å². The topological polar surface area (TPSA) is 113 Å². The molecule has 0 aliphatic heterocycles. The molecule has 0 amide bonds. The van der Waals surface area contributed by atoms with Crippen molar-refractivity contribution in [2.45, 2.75) is 18.6 Å². The van der Waals surface area contributed by atoms with Gasteiger partial charge in [0, 0.05) is 30.6 Å². The molecule has 2 atom stereocenters. The van der Waals surface area contributed by atoms with E-state index >= 15 is 0 Å². The number of rotatable bonds is 3. The van der Waals surface area contributed by atoms with Crippen LogP contribution in [0.15, 0.2) is 60.9 Å². The Balaban J connectivity index is 1.62. The lowest BCUT2D eigenvalue weighted by molar-refractivity contribution is 0.303. The quantitative estimate of drug-likeness (QED) is 0.442. The minimum absolute atomic E-state index is 0.243. The lowest BCUT2D eigenvalue weighted by Crippen LogP contribution is -2.17. The molecular formula is C23H18F2N8. The molecule has 0 spiro atoms. The molecular weight excluding hydrogens is 426 g/mol. The first-order valence-corrected chi connectivity index (χ1v) is 10.3. The lowest BCUT2D eigenvalue weighted by Gasteiger charge is -2.13. The fraction of sp³-hybridized carbons (Fsp3) is 0.130. The highest BCUT2D eigenvalue weighted by Crippen LogP contribution is 2.36. The van der Waals surface area contributed by atoms with Crippen molar-refractivity contribution in [3.05, 3.63) is 78.0 Å². The molecule has 1 aliphatic rings. The first-order chi connectivity index (χ1) is 16.0. The number of alkyl halides is 1. The SMILES string of the molecule is Nc1ncccc1-c1nc2ccc(-n3ccc(F)n3)nc2n1-c1ccc2c(c1)CC(F)[C@@H]2N. The normalized spacial score (nSPS) is 17.5. The molecule has 4 aromatic heterocycles. The average molecular weight is 444 g/mol. The third kappa shape index (κ3) is 3.06. The van der Waals surface area contributed by atoms with Crippen molar-refractivity contribution >= 4 is 17.0 Å². The third-order valence-electron chi connectivity index (χ3n) is 5.91. The summed E-state index contributed by atoms with van der Waals surface area (Å²) in [4.78, 5) is 13.7. The fourth-order valence-corrected chi connectivity index (χ4v) is 4.30. The van der Waals surface area contributed by atoms with Gasteiger partial charge in [0.05, 0.1) is 11.6 Å². The zero-order valence-corrected chi connectivity index (χ0v) is 17.2. The molecule has 5 aromatic rings. The number of pyridine rings is 2. The van der Waals surface area contributed by atoms with Crippen LogP contribution in [0.1, 0.15) is 17.2 Å². The van der Waals surface area contributed by atoms with Gasteiger partial charge in [-0.2, -0.15) is 4.39 Å². The summed E-state index contributed by atoms with van der Waals surface area (Å²) in [5, 5.41) is 3.81. The number of imidazole rings is 1. The molecule has 10 heteroatoms. The van der Waals surface area contributed by atoms with Crippen molar-refractivity contribution in [2.75, 3.05) is 5.73 Å². The molecule has 8 nitrogen and oxygen atoms in total. The summed E-state index contributed by atoms with van der Waals surface area (Å²) < 4.78 is 30.9. The second-order valence-corrected chi connectivity index (χ2v) is 7.93. The maximum absolute atomic E-state index is 14.3. The Morgan fingerprint density at radius 3 is 2.73 bits per heavy atom. The largest absolute Gasteiger partial charge is 0.383 e. The Morgan fingerprint density at radius 2 is 1.94 bits per heavy atom. The van der Waals surface area contributed by atoms with E-state index in [1.54, 1.807) is 24.4 Å². The minimum atomic E-state index is -1.12. The van der Waals surface area contributed by atoms with Crippen LogP contribution in [0.3, 0.4) is 0 Å². The smallest absolute Gasteiger partial charge is 0.233 e. The molecule has 0 bridgehead atoms. The van der Waals surface area contributed by atoms with E-state index in [2.05, 4.69) is 10.1 Å². The summed E-state index contributed by atoms with van der Waals surface area (Å²) in [5.41, 5.74) is 16.3. The Kier molecular flexibility index (Phi) is 4.24. The molecule has 0 radical (unpaired) electrons. The Morgan fingerprint density at radius 1 is 1.06 bits per heavy atom. The number of hydrogen-bond donors (Lipinski definition) is 2. The van der Waals surface area contributed by atoms with Crippen LogP contribution in [0, 0.1) is 5.95 Å². The van der Waals surface area contributed by atoms with Crippen LogP contribution >= 0.6 is 0 Å². The van der Waals surface area contributed by atoms with Gasteiger partial charge in [0.2, 0.25) is 5.95 Å². The highest BCUT2D eigenvalue weighted by molar-refractivity contribution is 5.83. The van der Waals surface area contributed by atoms with E-state index in [4.69, 9.17) is 21.4 Å². The average Bonchev–Trinajstić information content (AvgIpc) is 3.49. The predicted octanol–water partition coefficient (Wildman–Crippen LogP) is 3.28. The molecule has 4 N–H and O–H groups in total. The number of nitrogens with two attached hydrogens (primary N) is 2. The van der Waals surface area contributed by atoms with E-state index in [1.807, 2.05) is 28.8 Å². The van der Waals surface area contributed by atoms with E-state index < -0.39 is 18.2 Å². The van der Waals surface area contributed by atoms with Crippen molar-refractivity contribution in [1.82, 2.24) is 29.3 Å². The molecule has 0 saturated carbocycles. The van der Waals surface area contributed by atoms with Gasteiger partial charge >= 0.3 is 0 Å². The maximum atomic E-state index is 14.3. The molecule has 0 saturated heterocycles. The standard InChI is InChI=1S/C23H18F2N8/c24-16-11-12-10-13(3-4-14(12)20(16)26)33-22(15-2-1-8-28-21(15)27)29-17-5-6-19(30-23(17)33)32-9-7-18(25)31-32/h1-10,16,20H,11,26H2,(H2,27,28)/t16?,20-/m1/s1. The molecule has 1 aromatic carbocycles. The molecule has 6 rings (SSSR count). The van der Waals surface area contributed by atoms with E-state index in [1.165, 1.54) is 16.9 Å². The number of hydrogen-bond acceptors (Lipinski definition) is 6. The second kappa shape index (κ2) is 7.17. The highest BCUT2D eigenvalue weighted by atomic mass is 19.1. The number of anilines is 1. The number of aromatic nitrogens is 6. The van der Waals surface area contributed by atoms with Gasteiger partial charge in [0.15, 0.2) is 17.3 Å². The molecule has 33 heavy (non-hydrogen) atoms. The molecule has 1 aliphatic carbocycles. The maximum Gasteiger partial charge on any atom is 0.233 e. The monoisotopic (exact) mass is 444 g/mol. The molecule has 164 valence electrons. The zero-order chi connectivity index (χ0) is 22.7. The van der Waals surface area contributed by atoms with Crippen molar-refractivity contribution in [2.24, 2.45) is 5.73 Å². The second-order valence-electron chi connectivity index (χ2n) is 7.93. The zero-order valence-electron chi connectivity index (χ0n) is 17.2. The van der Waals surface area contributed by atoms with Crippen LogP contribution in [0.5, 0.6) is 0 Å². The molecule has 1 unspecified atom stereocenters. The number of benzene rings is 1. The number of halogens is 2. The van der Waals surface area contributed by atoms with E-state index in [-0.39, 0.29) is 6.42 Å².